The number of benzene rings is 2. The molecular weight excluding hydrogens is 389 g/mol. The molecule has 0 bridgehead atoms. The summed E-state index contributed by atoms with van der Waals surface area (Å²) in [4.78, 5) is 36.2. The zero-order valence-corrected chi connectivity index (χ0v) is 16.3. The molecule has 0 saturated heterocycles. The van der Waals surface area contributed by atoms with Crippen molar-refractivity contribution in [2.75, 3.05) is 0 Å². The van der Waals surface area contributed by atoms with Gasteiger partial charge in [-0.1, -0.05) is 18.2 Å². The first kappa shape index (κ1) is 20.7. The Kier molecular flexibility index (Phi) is 6.21. The van der Waals surface area contributed by atoms with Gasteiger partial charge in [0.05, 0.1) is 11.3 Å². The van der Waals surface area contributed by atoms with Crippen LogP contribution in [0.2, 0.25) is 0 Å². The zero-order valence-electron chi connectivity index (χ0n) is 16.3. The third-order valence-electron chi connectivity index (χ3n) is 4.01. The molecule has 8 nitrogen and oxygen atoms in total. The number of carbonyl (C=O) groups excluding carboxylic acids is 3. The maximum atomic E-state index is 13.3. The van der Waals surface area contributed by atoms with Crippen molar-refractivity contribution in [3.8, 4) is 16.9 Å². The quantitative estimate of drug-likeness (QED) is 0.453. The van der Waals surface area contributed by atoms with Crippen molar-refractivity contribution in [2.24, 2.45) is 0 Å². The Morgan fingerprint density at radius 3 is 2.23 bits per heavy atom. The van der Waals surface area contributed by atoms with E-state index >= 15 is 0 Å². The van der Waals surface area contributed by atoms with Crippen LogP contribution in [0.25, 0.3) is 16.9 Å². The first-order valence-electron chi connectivity index (χ1n) is 9.17. The van der Waals surface area contributed by atoms with E-state index in [-0.39, 0.29) is 17.3 Å². The highest BCUT2D eigenvalue weighted by atomic mass is 19.1. The lowest BCUT2D eigenvalue weighted by Gasteiger charge is -2.09. The van der Waals surface area contributed by atoms with E-state index in [1.807, 2.05) is 18.2 Å². The summed E-state index contributed by atoms with van der Waals surface area (Å²) in [5.41, 5.74) is 5.93. The first-order chi connectivity index (χ1) is 14.3. The Hall–Kier alpha value is -4.01. The lowest BCUT2D eigenvalue weighted by atomic mass is 10.1. The van der Waals surface area contributed by atoms with Crippen molar-refractivity contribution in [1.29, 1.82) is 0 Å². The van der Waals surface area contributed by atoms with Crippen LogP contribution in [-0.4, -0.2) is 33.5 Å². The van der Waals surface area contributed by atoms with Gasteiger partial charge in [-0.05, 0) is 50.2 Å². The van der Waals surface area contributed by atoms with Gasteiger partial charge in [0.15, 0.2) is 0 Å². The second-order valence-corrected chi connectivity index (χ2v) is 6.71. The van der Waals surface area contributed by atoms with E-state index in [0.29, 0.717) is 11.3 Å². The molecule has 1 aromatic heterocycles. The topological polar surface area (TPSA) is 105 Å². The fraction of sp³-hybridized carbons (Fsp3) is 0.143. The van der Waals surface area contributed by atoms with Crippen LogP contribution >= 0.6 is 0 Å². The molecule has 0 radical (unpaired) electrons. The average Bonchev–Trinajstić information content (AvgIpc) is 3.18. The van der Waals surface area contributed by atoms with E-state index in [1.165, 1.54) is 35.1 Å². The second kappa shape index (κ2) is 8.99. The van der Waals surface area contributed by atoms with Crippen LogP contribution < -0.4 is 16.2 Å². The summed E-state index contributed by atoms with van der Waals surface area (Å²) in [6, 6.07) is 14.4. The minimum absolute atomic E-state index is 0.134. The van der Waals surface area contributed by atoms with Crippen LogP contribution in [0.15, 0.2) is 60.8 Å². The van der Waals surface area contributed by atoms with Crippen molar-refractivity contribution >= 4 is 17.7 Å². The normalized spacial score (nSPS) is 10.5. The van der Waals surface area contributed by atoms with E-state index in [2.05, 4.69) is 21.3 Å². The molecule has 30 heavy (non-hydrogen) atoms. The summed E-state index contributed by atoms with van der Waals surface area (Å²) in [5, 5.41) is 6.86. The highest BCUT2D eigenvalue weighted by Crippen LogP contribution is 2.24. The molecule has 0 aliphatic rings. The van der Waals surface area contributed by atoms with Crippen LogP contribution in [0, 0.1) is 5.82 Å². The average molecular weight is 409 g/mol. The van der Waals surface area contributed by atoms with Gasteiger partial charge in [-0.15, -0.1) is 0 Å². The number of aromatic nitrogens is 2. The highest BCUT2D eigenvalue weighted by molar-refractivity contribution is 6.35. The molecule has 1 heterocycles. The largest absolute Gasteiger partial charge is 0.346 e. The predicted octanol–water partition coefficient (Wildman–Crippen LogP) is 1.96. The van der Waals surface area contributed by atoms with Gasteiger partial charge in [-0.2, -0.15) is 5.10 Å². The number of hydrazine groups is 1. The number of nitrogens with one attached hydrogen (secondary N) is 3. The molecular formula is C21H20FN5O3. The molecule has 3 aromatic rings. The Morgan fingerprint density at radius 2 is 1.60 bits per heavy atom. The lowest BCUT2D eigenvalue weighted by Crippen LogP contribution is -2.49. The molecule has 3 N–H and O–H groups in total. The zero-order chi connectivity index (χ0) is 21.7. The van der Waals surface area contributed by atoms with Gasteiger partial charge in [-0.25, -0.2) is 9.07 Å². The fourth-order valence-electron chi connectivity index (χ4n) is 2.64. The van der Waals surface area contributed by atoms with Crippen molar-refractivity contribution in [3.63, 3.8) is 0 Å². The molecule has 3 amide bonds. The molecule has 0 aliphatic heterocycles. The Labute approximate surface area is 172 Å². The number of nitrogens with zero attached hydrogens (tertiary/aromatic N) is 2. The molecule has 2 aromatic carbocycles. The van der Waals surface area contributed by atoms with Crippen LogP contribution in [-0.2, 0) is 9.59 Å². The number of hydrogen-bond acceptors (Lipinski definition) is 4. The van der Waals surface area contributed by atoms with E-state index in [1.54, 1.807) is 26.0 Å². The maximum Gasteiger partial charge on any atom is 0.327 e. The van der Waals surface area contributed by atoms with Gasteiger partial charge in [0.2, 0.25) is 0 Å². The standard InChI is InChI=1S/C21H20FN5O3/c1-13(2)23-20(29)21(30)25-24-19(28)17-12-27(16-6-4-3-5-7-16)26-18(17)14-8-10-15(22)11-9-14/h3-13H,1-2H3,(H,23,29)(H,24,28)(H,25,30). The summed E-state index contributed by atoms with van der Waals surface area (Å²) in [6.45, 7) is 3.41. The predicted molar refractivity (Wildman–Crippen MR) is 108 cm³/mol. The number of hydrogen-bond donors (Lipinski definition) is 3. The van der Waals surface area contributed by atoms with Crippen molar-refractivity contribution in [1.82, 2.24) is 25.9 Å². The SMILES string of the molecule is CC(C)NC(=O)C(=O)NNC(=O)c1cn(-c2ccccc2)nc1-c1ccc(F)cc1. The fourth-order valence-corrected chi connectivity index (χ4v) is 2.64. The Bertz CT molecular complexity index is 1060. The summed E-state index contributed by atoms with van der Waals surface area (Å²) in [5.74, 6) is -2.97. The summed E-state index contributed by atoms with van der Waals surface area (Å²) in [7, 11) is 0. The van der Waals surface area contributed by atoms with Gasteiger partial charge in [0.1, 0.15) is 11.5 Å². The van der Waals surface area contributed by atoms with E-state index in [0.717, 1.165) is 0 Å². The van der Waals surface area contributed by atoms with Gasteiger partial charge in [0.25, 0.3) is 5.91 Å². The van der Waals surface area contributed by atoms with E-state index in [4.69, 9.17) is 0 Å². The smallest absolute Gasteiger partial charge is 0.327 e. The number of rotatable bonds is 4. The Balaban J connectivity index is 1.87. The highest BCUT2D eigenvalue weighted by Gasteiger charge is 2.21. The lowest BCUT2D eigenvalue weighted by molar-refractivity contribution is -0.139. The second-order valence-electron chi connectivity index (χ2n) is 6.71. The van der Waals surface area contributed by atoms with E-state index in [9.17, 15) is 18.8 Å². The summed E-state index contributed by atoms with van der Waals surface area (Å²) < 4.78 is 14.8. The minimum atomic E-state index is -1.00. The van der Waals surface area contributed by atoms with E-state index < -0.39 is 23.5 Å². The van der Waals surface area contributed by atoms with Crippen molar-refractivity contribution in [3.05, 3.63) is 72.2 Å². The molecule has 9 heteroatoms. The first-order valence-corrected chi connectivity index (χ1v) is 9.17. The number of para-hydroxylation sites is 1. The van der Waals surface area contributed by atoms with Gasteiger partial charge >= 0.3 is 11.8 Å². The molecule has 3 rings (SSSR count). The van der Waals surface area contributed by atoms with Crippen LogP contribution in [0.3, 0.4) is 0 Å². The summed E-state index contributed by atoms with van der Waals surface area (Å²) in [6.07, 6.45) is 1.49. The molecule has 154 valence electrons. The maximum absolute atomic E-state index is 13.3. The summed E-state index contributed by atoms with van der Waals surface area (Å²) >= 11 is 0. The van der Waals surface area contributed by atoms with Crippen molar-refractivity contribution in [2.45, 2.75) is 19.9 Å². The van der Waals surface area contributed by atoms with Crippen molar-refractivity contribution < 1.29 is 18.8 Å². The third-order valence-corrected chi connectivity index (χ3v) is 4.01. The monoisotopic (exact) mass is 409 g/mol. The molecule has 0 spiro atoms. The molecule has 0 fully saturated rings. The molecule has 0 unspecified atom stereocenters. The number of carbonyl (C=O) groups is 3. The number of amides is 3. The minimum Gasteiger partial charge on any atom is -0.346 e. The molecule has 0 saturated carbocycles. The van der Waals surface area contributed by atoms with Gasteiger partial charge < -0.3 is 5.32 Å². The van der Waals surface area contributed by atoms with Crippen LogP contribution in [0.4, 0.5) is 4.39 Å². The van der Waals surface area contributed by atoms with Gasteiger partial charge in [-0.3, -0.25) is 25.2 Å². The van der Waals surface area contributed by atoms with Crippen LogP contribution in [0.5, 0.6) is 0 Å². The van der Waals surface area contributed by atoms with Crippen LogP contribution in [0.1, 0.15) is 24.2 Å². The van der Waals surface area contributed by atoms with Gasteiger partial charge in [0, 0.05) is 17.8 Å². The third kappa shape index (κ3) is 4.88. The molecule has 0 aliphatic carbocycles. The number of halogens is 1. The molecule has 0 atom stereocenters. The Morgan fingerprint density at radius 1 is 0.933 bits per heavy atom.